The van der Waals surface area contributed by atoms with E-state index in [2.05, 4.69) is 15.7 Å². The third kappa shape index (κ3) is 5.05. The summed E-state index contributed by atoms with van der Waals surface area (Å²) in [5.41, 5.74) is 13.7. The van der Waals surface area contributed by atoms with Crippen LogP contribution in [0.25, 0.3) is 0 Å². The number of hydrogen-bond donors (Lipinski definition) is 3. The standard InChI is InChI=1S/C23H27N5O2/c1-15-9-10-28(26-13-18-7-5-4-6-8-18)23(30)19(15)12-22(29)25-14-20-16(2)11-21(24)27-17(20)3/h4-11,26H,12-14H2,1-3H3,(H2,24,27)(H,25,29). The quantitative estimate of drug-likeness (QED) is 0.560. The van der Waals surface area contributed by atoms with Gasteiger partial charge in [-0.1, -0.05) is 30.3 Å². The molecule has 0 radical (unpaired) electrons. The largest absolute Gasteiger partial charge is 0.384 e. The fourth-order valence-corrected chi connectivity index (χ4v) is 3.35. The highest BCUT2D eigenvalue weighted by Gasteiger charge is 2.13. The Morgan fingerprint density at radius 1 is 1.03 bits per heavy atom. The number of amides is 1. The second-order valence-corrected chi connectivity index (χ2v) is 7.35. The third-order valence-electron chi connectivity index (χ3n) is 5.10. The number of carbonyl (C=O) groups is 1. The Kier molecular flexibility index (Phi) is 6.51. The summed E-state index contributed by atoms with van der Waals surface area (Å²) in [7, 11) is 0. The first-order valence-electron chi connectivity index (χ1n) is 9.83. The van der Waals surface area contributed by atoms with Crippen LogP contribution in [0.15, 0.2) is 53.5 Å². The molecule has 0 saturated carbocycles. The Hall–Kier alpha value is -3.61. The molecule has 1 amide bonds. The van der Waals surface area contributed by atoms with E-state index in [9.17, 15) is 9.59 Å². The smallest absolute Gasteiger partial charge is 0.272 e. The molecular formula is C23H27N5O2. The summed E-state index contributed by atoms with van der Waals surface area (Å²) < 4.78 is 1.43. The van der Waals surface area contributed by atoms with Gasteiger partial charge in [0.25, 0.3) is 5.56 Å². The van der Waals surface area contributed by atoms with E-state index in [-0.39, 0.29) is 17.9 Å². The molecule has 0 unspecified atom stereocenters. The van der Waals surface area contributed by atoms with Gasteiger partial charge in [0.1, 0.15) is 5.82 Å². The molecule has 2 heterocycles. The average Bonchev–Trinajstić information content (AvgIpc) is 2.70. The van der Waals surface area contributed by atoms with E-state index in [1.165, 1.54) is 4.68 Å². The molecule has 2 aromatic heterocycles. The van der Waals surface area contributed by atoms with Gasteiger partial charge in [-0.25, -0.2) is 9.66 Å². The van der Waals surface area contributed by atoms with Gasteiger partial charge in [-0.15, -0.1) is 0 Å². The normalized spacial score (nSPS) is 10.6. The summed E-state index contributed by atoms with van der Waals surface area (Å²) in [5, 5.41) is 2.89. The van der Waals surface area contributed by atoms with Crippen molar-refractivity contribution in [2.45, 2.75) is 40.3 Å². The number of carbonyl (C=O) groups excluding carboxylic acids is 1. The number of aromatic nitrogens is 2. The maximum absolute atomic E-state index is 12.9. The highest BCUT2D eigenvalue weighted by atomic mass is 16.2. The summed E-state index contributed by atoms with van der Waals surface area (Å²) in [4.78, 5) is 29.7. The van der Waals surface area contributed by atoms with Gasteiger partial charge in [-0.2, -0.15) is 0 Å². The monoisotopic (exact) mass is 405 g/mol. The summed E-state index contributed by atoms with van der Waals surface area (Å²) in [6.07, 6.45) is 1.70. The fourth-order valence-electron chi connectivity index (χ4n) is 3.35. The van der Waals surface area contributed by atoms with E-state index in [0.29, 0.717) is 24.5 Å². The number of nitrogens with two attached hydrogens (primary N) is 1. The number of benzene rings is 1. The maximum Gasteiger partial charge on any atom is 0.272 e. The van der Waals surface area contributed by atoms with Crippen LogP contribution in [0.3, 0.4) is 0 Å². The summed E-state index contributed by atoms with van der Waals surface area (Å²) in [5.74, 6) is 0.246. The van der Waals surface area contributed by atoms with Gasteiger partial charge < -0.3 is 16.5 Å². The van der Waals surface area contributed by atoms with Crippen LogP contribution in [0.1, 0.15) is 33.5 Å². The zero-order valence-corrected chi connectivity index (χ0v) is 17.5. The molecule has 0 atom stereocenters. The van der Waals surface area contributed by atoms with Gasteiger partial charge >= 0.3 is 0 Å². The number of aryl methyl sites for hydroxylation is 3. The molecule has 7 nitrogen and oxygen atoms in total. The number of anilines is 1. The zero-order valence-electron chi connectivity index (χ0n) is 17.5. The van der Waals surface area contributed by atoms with Crippen LogP contribution in [0.2, 0.25) is 0 Å². The molecular weight excluding hydrogens is 378 g/mol. The SMILES string of the molecule is Cc1cc(N)nc(C)c1CNC(=O)Cc1c(C)ccn(NCc2ccccc2)c1=O. The van der Waals surface area contributed by atoms with Gasteiger partial charge in [0.05, 0.1) is 13.0 Å². The number of nitrogens with one attached hydrogen (secondary N) is 2. The molecule has 4 N–H and O–H groups in total. The molecule has 0 aliphatic rings. The molecule has 3 aromatic rings. The van der Waals surface area contributed by atoms with Crippen molar-refractivity contribution in [3.8, 4) is 0 Å². The van der Waals surface area contributed by atoms with E-state index in [1.54, 1.807) is 12.3 Å². The lowest BCUT2D eigenvalue weighted by Gasteiger charge is -2.14. The van der Waals surface area contributed by atoms with Gasteiger partial charge in [0.2, 0.25) is 5.91 Å². The van der Waals surface area contributed by atoms with Crippen molar-refractivity contribution in [1.29, 1.82) is 0 Å². The summed E-state index contributed by atoms with van der Waals surface area (Å²) in [6, 6.07) is 13.4. The van der Waals surface area contributed by atoms with Crippen LogP contribution >= 0.6 is 0 Å². The zero-order chi connectivity index (χ0) is 21.7. The first-order chi connectivity index (χ1) is 14.3. The van der Waals surface area contributed by atoms with E-state index in [1.807, 2.05) is 57.2 Å². The Morgan fingerprint density at radius 3 is 2.47 bits per heavy atom. The molecule has 1 aromatic carbocycles. The Morgan fingerprint density at radius 2 is 1.77 bits per heavy atom. The highest BCUT2D eigenvalue weighted by molar-refractivity contribution is 5.78. The Labute approximate surface area is 175 Å². The lowest BCUT2D eigenvalue weighted by molar-refractivity contribution is -0.120. The first kappa shape index (κ1) is 21.1. The summed E-state index contributed by atoms with van der Waals surface area (Å²) in [6.45, 7) is 6.49. The molecule has 0 fully saturated rings. The van der Waals surface area contributed by atoms with Crippen LogP contribution in [0.5, 0.6) is 0 Å². The lowest BCUT2D eigenvalue weighted by Crippen LogP contribution is -2.34. The highest BCUT2D eigenvalue weighted by Crippen LogP contribution is 2.14. The molecule has 7 heteroatoms. The number of pyridine rings is 2. The minimum absolute atomic E-state index is 0.0129. The van der Waals surface area contributed by atoms with Gasteiger partial charge in [-0.3, -0.25) is 9.59 Å². The van der Waals surface area contributed by atoms with Crippen LogP contribution in [0, 0.1) is 20.8 Å². The van der Waals surface area contributed by atoms with Gasteiger partial charge in [0, 0.05) is 24.0 Å². The first-order valence-corrected chi connectivity index (χ1v) is 9.83. The molecule has 156 valence electrons. The van der Waals surface area contributed by atoms with Gasteiger partial charge in [0.15, 0.2) is 0 Å². The molecule has 0 spiro atoms. The lowest BCUT2D eigenvalue weighted by atomic mass is 10.1. The molecule has 0 aliphatic heterocycles. The second-order valence-electron chi connectivity index (χ2n) is 7.35. The van der Waals surface area contributed by atoms with E-state index in [0.717, 1.165) is 27.9 Å². The second kappa shape index (κ2) is 9.26. The number of nitrogen functional groups attached to an aromatic ring is 1. The van der Waals surface area contributed by atoms with E-state index in [4.69, 9.17) is 5.73 Å². The predicted octanol–water partition coefficient (Wildman–Crippen LogP) is 2.35. The minimum atomic E-state index is -0.220. The predicted molar refractivity (Wildman–Crippen MR) is 119 cm³/mol. The maximum atomic E-state index is 12.9. The van der Waals surface area contributed by atoms with Crippen molar-refractivity contribution in [2.24, 2.45) is 0 Å². The number of rotatable bonds is 7. The summed E-state index contributed by atoms with van der Waals surface area (Å²) >= 11 is 0. The van der Waals surface area contributed by atoms with Crippen molar-refractivity contribution in [3.05, 3.63) is 92.5 Å². The van der Waals surface area contributed by atoms with Crippen molar-refractivity contribution in [1.82, 2.24) is 15.0 Å². The minimum Gasteiger partial charge on any atom is -0.384 e. The van der Waals surface area contributed by atoms with Crippen LogP contribution in [-0.2, 0) is 24.3 Å². The third-order valence-corrected chi connectivity index (χ3v) is 5.10. The van der Waals surface area contributed by atoms with E-state index >= 15 is 0 Å². The van der Waals surface area contributed by atoms with Crippen LogP contribution in [0.4, 0.5) is 5.82 Å². The average molecular weight is 406 g/mol. The van der Waals surface area contributed by atoms with Crippen molar-refractivity contribution in [2.75, 3.05) is 11.2 Å². The molecule has 0 bridgehead atoms. The Bertz CT molecular complexity index is 1080. The van der Waals surface area contributed by atoms with E-state index < -0.39 is 0 Å². The molecule has 0 aliphatic carbocycles. The van der Waals surface area contributed by atoms with Crippen molar-refractivity contribution >= 4 is 11.7 Å². The van der Waals surface area contributed by atoms with Crippen LogP contribution < -0.4 is 22.0 Å². The van der Waals surface area contributed by atoms with Crippen molar-refractivity contribution < 1.29 is 4.79 Å². The molecule has 0 saturated heterocycles. The topological polar surface area (TPSA) is 102 Å². The number of nitrogens with zero attached hydrogens (tertiary/aromatic N) is 2. The van der Waals surface area contributed by atoms with Crippen LogP contribution in [-0.4, -0.2) is 15.6 Å². The molecule has 3 rings (SSSR count). The fraction of sp³-hybridized carbons (Fsp3) is 0.261. The van der Waals surface area contributed by atoms with Gasteiger partial charge in [-0.05, 0) is 55.2 Å². The molecule has 30 heavy (non-hydrogen) atoms. The Balaban J connectivity index is 1.68. The van der Waals surface area contributed by atoms with Crippen molar-refractivity contribution in [3.63, 3.8) is 0 Å². The number of hydrogen-bond acceptors (Lipinski definition) is 5.